The summed E-state index contributed by atoms with van der Waals surface area (Å²) in [4.78, 5) is 28.8. The average molecular weight is 779 g/mol. The van der Waals surface area contributed by atoms with Crippen LogP contribution in [-0.4, -0.2) is 75.6 Å². The van der Waals surface area contributed by atoms with Crippen LogP contribution in [0.25, 0.3) is 5.69 Å². The van der Waals surface area contributed by atoms with Gasteiger partial charge in [0.1, 0.15) is 24.8 Å². The van der Waals surface area contributed by atoms with Crippen LogP contribution in [0.4, 0.5) is 11.4 Å². The van der Waals surface area contributed by atoms with Gasteiger partial charge in [-0.2, -0.15) is 5.10 Å². The monoisotopic (exact) mass is 777 g/mol. The molecule has 2 aromatic heterocycles. The zero-order valence-corrected chi connectivity index (χ0v) is 31.9. The molecule has 0 aliphatic carbocycles. The van der Waals surface area contributed by atoms with Crippen molar-refractivity contribution >= 4 is 40.5 Å². The summed E-state index contributed by atoms with van der Waals surface area (Å²) < 4.78 is 30.5. The van der Waals surface area contributed by atoms with E-state index < -0.39 is 11.9 Å². The van der Waals surface area contributed by atoms with Crippen molar-refractivity contribution in [1.82, 2.24) is 24.1 Å². The van der Waals surface area contributed by atoms with Crippen molar-refractivity contribution < 1.29 is 28.3 Å². The molecule has 2 saturated heterocycles. The van der Waals surface area contributed by atoms with Gasteiger partial charge in [-0.25, -0.2) is 18.6 Å². The average Bonchev–Trinajstić information content (AvgIpc) is 3.92. The molecule has 0 saturated carbocycles. The molecular weight excluding hydrogens is 735 g/mol. The number of hydrogen-bond donors (Lipinski definition) is 0. The van der Waals surface area contributed by atoms with Crippen LogP contribution in [0.3, 0.4) is 0 Å². The first-order valence-corrected chi connectivity index (χ1v) is 18.7. The zero-order valence-electron chi connectivity index (χ0n) is 30.4. The van der Waals surface area contributed by atoms with E-state index in [0.717, 1.165) is 55.4 Å². The maximum absolute atomic E-state index is 12.8. The second kappa shape index (κ2) is 16.2. The predicted octanol–water partition coefficient (Wildman–Crippen LogP) is 4.99. The lowest BCUT2D eigenvalue weighted by molar-refractivity contribution is -0.728. The second-order valence-electron chi connectivity index (χ2n) is 13.4. The molecule has 0 radical (unpaired) electrons. The molecule has 2 aliphatic rings. The van der Waals surface area contributed by atoms with Crippen molar-refractivity contribution in [3.8, 4) is 11.4 Å². The van der Waals surface area contributed by atoms with Gasteiger partial charge in [0, 0.05) is 60.2 Å². The number of ether oxygens (including phenoxy) is 4. The van der Waals surface area contributed by atoms with E-state index in [9.17, 15) is 9.59 Å². The molecule has 2 aliphatic heterocycles. The Kier molecular flexibility index (Phi) is 11.2. The lowest BCUT2D eigenvalue weighted by Crippen LogP contribution is -2.46. The van der Waals surface area contributed by atoms with Gasteiger partial charge in [-0.1, -0.05) is 36.2 Å². The van der Waals surface area contributed by atoms with Crippen LogP contribution in [0.2, 0.25) is 10.0 Å². The number of carbonyl (C=O) groups is 1. The number of benzene rings is 3. The number of aromatic nitrogens is 6. The number of anilines is 2. The Morgan fingerprint density at radius 1 is 0.981 bits per heavy atom. The summed E-state index contributed by atoms with van der Waals surface area (Å²) in [6.45, 7) is 9.58. The summed E-state index contributed by atoms with van der Waals surface area (Å²) in [5.74, 6) is -0.929. The van der Waals surface area contributed by atoms with Crippen LogP contribution in [0, 0.1) is 0 Å². The van der Waals surface area contributed by atoms with Crippen LogP contribution in [0.15, 0.2) is 90.5 Å². The van der Waals surface area contributed by atoms with Crippen LogP contribution >= 0.6 is 23.2 Å². The first kappa shape index (κ1) is 37.4. The highest BCUT2D eigenvalue weighted by Gasteiger charge is 2.47. The topological polar surface area (TPSA) is 122 Å². The largest absolute Gasteiger partial charge is 0.491 e. The molecule has 0 bridgehead atoms. The maximum Gasteiger partial charge on any atom is 0.350 e. The number of esters is 1. The Hall–Kier alpha value is -4.89. The molecule has 5 aromatic rings. The molecule has 3 aromatic carbocycles. The molecule has 4 heterocycles. The first-order valence-electron chi connectivity index (χ1n) is 17.9. The van der Waals surface area contributed by atoms with E-state index >= 15 is 0 Å². The Bertz CT molecular complexity index is 2110. The predicted molar refractivity (Wildman–Crippen MR) is 202 cm³/mol. The molecule has 16 heteroatoms. The summed E-state index contributed by atoms with van der Waals surface area (Å²) >= 11 is 12.9. The maximum atomic E-state index is 12.8. The molecule has 2 fully saturated rings. The number of rotatable bonds is 13. The Morgan fingerprint density at radius 3 is 2.30 bits per heavy atom. The fraction of sp³-hybridized carbons (Fsp3) is 0.395. The van der Waals surface area contributed by atoms with Crippen LogP contribution in [0.1, 0.15) is 38.8 Å². The van der Waals surface area contributed by atoms with E-state index in [1.807, 2.05) is 38.1 Å². The number of nitrogens with zero attached hydrogens (tertiary/aromatic N) is 8. The minimum atomic E-state index is -1.26. The molecule has 14 nitrogen and oxygen atoms in total. The Balaban J connectivity index is 0.931. The molecule has 284 valence electrons. The summed E-state index contributed by atoms with van der Waals surface area (Å²) in [5.41, 5.74) is 3.54. The summed E-state index contributed by atoms with van der Waals surface area (Å²) in [6, 6.07) is 21.4. The lowest BCUT2D eigenvalue weighted by Gasteiger charge is -2.37. The van der Waals surface area contributed by atoms with E-state index in [1.165, 1.54) is 11.6 Å². The van der Waals surface area contributed by atoms with E-state index in [0.29, 0.717) is 15.6 Å². The van der Waals surface area contributed by atoms with Gasteiger partial charge in [0.25, 0.3) is 6.33 Å². The Morgan fingerprint density at radius 2 is 1.65 bits per heavy atom. The van der Waals surface area contributed by atoms with Crippen molar-refractivity contribution in [3.63, 3.8) is 0 Å². The van der Waals surface area contributed by atoms with Crippen LogP contribution in [-0.2, 0) is 38.1 Å². The van der Waals surface area contributed by atoms with Gasteiger partial charge in [0.15, 0.2) is 6.54 Å². The van der Waals surface area contributed by atoms with Gasteiger partial charge >= 0.3 is 11.7 Å². The molecule has 3 unspecified atom stereocenters. The third-order valence-electron chi connectivity index (χ3n) is 9.73. The number of piperazine rings is 1. The minimum absolute atomic E-state index is 0.0320. The van der Waals surface area contributed by atoms with Gasteiger partial charge in [-0.05, 0) is 74.0 Å². The number of carbonyl (C=O) groups excluding carboxylic acids is 1. The van der Waals surface area contributed by atoms with Crippen molar-refractivity contribution in [1.29, 1.82) is 0 Å². The van der Waals surface area contributed by atoms with Gasteiger partial charge in [0.05, 0.1) is 23.4 Å². The molecule has 54 heavy (non-hydrogen) atoms. The van der Waals surface area contributed by atoms with Gasteiger partial charge in [-0.3, -0.25) is 4.79 Å². The third-order valence-corrected chi connectivity index (χ3v) is 10.3. The molecule has 7 rings (SSSR count). The summed E-state index contributed by atoms with van der Waals surface area (Å²) in [7, 11) is 0. The minimum Gasteiger partial charge on any atom is -0.491 e. The third kappa shape index (κ3) is 8.26. The van der Waals surface area contributed by atoms with E-state index in [4.69, 9.17) is 42.1 Å². The summed E-state index contributed by atoms with van der Waals surface area (Å²) in [6.07, 6.45) is 5.28. The first-order chi connectivity index (χ1) is 26.1. The van der Waals surface area contributed by atoms with E-state index in [2.05, 4.69) is 44.3 Å². The van der Waals surface area contributed by atoms with E-state index in [1.54, 1.807) is 51.0 Å². The highest BCUT2D eigenvalue weighted by molar-refractivity contribution is 6.35. The van der Waals surface area contributed by atoms with Gasteiger partial charge in [-0.15, -0.1) is 4.68 Å². The van der Waals surface area contributed by atoms with Crippen LogP contribution < -0.4 is 24.8 Å². The number of halogens is 2. The normalized spacial score (nSPS) is 19.2. The Labute approximate surface area is 322 Å². The fourth-order valence-electron chi connectivity index (χ4n) is 6.60. The van der Waals surface area contributed by atoms with E-state index in [-0.39, 0.29) is 44.2 Å². The smallest absolute Gasteiger partial charge is 0.350 e. The summed E-state index contributed by atoms with van der Waals surface area (Å²) in [5, 5.41) is 9.59. The fourth-order valence-corrected chi connectivity index (χ4v) is 7.16. The second-order valence-corrected chi connectivity index (χ2v) is 14.3. The van der Waals surface area contributed by atoms with Crippen molar-refractivity contribution in [2.45, 2.75) is 58.4 Å². The molecule has 0 amide bonds. The number of hydrogen-bond acceptors (Lipinski definition) is 10. The van der Waals surface area contributed by atoms with Crippen LogP contribution in [0.5, 0.6) is 5.75 Å². The van der Waals surface area contributed by atoms with Crippen molar-refractivity contribution in [2.24, 2.45) is 0 Å². The van der Waals surface area contributed by atoms with Gasteiger partial charge in [0.2, 0.25) is 18.8 Å². The highest BCUT2D eigenvalue weighted by atomic mass is 35.5. The lowest BCUT2D eigenvalue weighted by atomic mass is 10.1. The zero-order chi connectivity index (χ0) is 37.8. The van der Waals surface area contributed by atoms with Crippen molar-refractivity contribution in [3.05, 3.63) is 112 Å². The molecule has 3 atom stereocenters. The molecule has 0 N–H and O–H groups in total. The van der Waals surface area contributed by atoms with Gasteiger partial charge < -0.3 is 28.7 Å². The molecular formula is C38H43Cl2N8O6+. The SMILES string of the molecule is CCC(C)n1ncn(-c2ccc(N3CCN(c4ccc(OCC5COC(Cn6c[n+](COC(C)=O)cn6)(c6ccc(Cl)cc6Cl)O5)cc4)CC3)cc2)c1=O. The molecule has 0 spiro atoms. The highest BCUT2D eigenvalue weighted by Crippen LogP contribution is 2.40. The van der Waals surface area contributed by atoms with Crippen molar-refractivity contribution in [2.75, 3.05) is 49.2 Å². The standard InChI is InChI=1S/C38H43Cl2N8O6/c1-4-27(2)48-37(50)47(24-42-48)32-8-6-30(7-9-32)44-15-17-45(18-16-44)31-10-12-33(13-11-31)51-20-34-21-53-38(54-34,35-14-5-29(39)19-36(35)40)22-46-25-43(23-41-46)26-52-28(3)49/h5-14,19,23-25,27,34H,4,15-18,20-22,26H2,1-3H3/q+1. The quantitative estimate of drug-likeness (QED) is 0.119.